The lowest BCUT2D eigenvalue weighted by Crippen LogP contribution is -2.42. The summed E-state index contributed by atoms with van der Waals surface area (Å²) in [4.78, 5) is 27.4. The molecule has 0 spiro atoms. The third-order valence-corrected chi connectivity index (χ3v) is 9.08. The number of non-ortho nitro benzene ring substituents is 1. The van der Waals surface area contributed by atoms with Crippen LogP contribution in [0.5, 0.6) is 0 Å². The van der Waals surface area contributed by atoms with E-state index in [0.29, 0.717) is 42.3 Å². The summed E-state index contributed by atoms with van der Waals surface area (Å²) in [6.07, 6.45) is 2.90. The number of hydrogen-bond acceptors (Lipinski definition) is 9. The number of benzene rings is 1. The summed E-state index contributed by atoms with van der Waals surface area (Å²) < 4.78 is 27.9. The number of amides is 1. The highest BCUT2D eigenvalue weighted by atomic mass is 32.2. The first-order valence-electron chi connectivity index (χ1n) is 10.8. The largest absolute Gasteiger partial charge is 0.396 e. The smallest absolute Gasteiger partial charge is 0.269 e. The number of nitrogens with one attached hydrogen (secondary N) is 2. The van der Waals surface area contributed by atoms with E-state index < -0.39 is 20.9 Å². The molecule has 1 aliphatic rings. The quantitative estimate of drug-likeness (QED) is 0.304. The fourth-order valence-corrected chi connectivity index (χ4v) is 6.61. The first-order chi connectivity index (χ1) is 16.7. The van der Waals surface area contributed by atoms with Crippen molar-refractivity contribution in [3.05, 3.63) is 75.3 Å². The van der Waals surface area contributed by atoms with Crippen molar-refractivity contribution in [3.63, 3.8) is 0 Å². The average Bonchev–Trinajstić information content (AvgIpc) is 3.34. The van der Waals surface area contributed by atoms with Crippen molar-refractivity contribution in [3.8, 4) is 0 Å². The minimum atomic E-state index is -3.64. The Morgan fingerprint density at radius 2 is 1.89 bits per heavy atom. The summed E-state index contributed by atoms with van der Waals surface area (Å²) >= 11 is 1.11. The lowest BCUT2D eigenvalue weighted by Gasteiger charge is -2.31. The number of nitrogens with zero attached hydrogens (tertiary/aromatic N) is 3. The van der Waals surface area contributed by atoms with Crippen molar-refractivity contribution in [2.75, 3.05) is 24.1 Å². The van der Waals surface area contributed by atoms with Crippen LogP contribution in [0.25, 0.3) is 0 Å². The molecular weight excluding hydrogens is 492 g/mol. The first-order valence-corrected chi connectivity index (χ1v) is 13.1. The molecule has 0 unspecified atom stereocenters. The number of carbonyl (C=O) groups excluding carboxylic acids is 1. The van der Waals surface area contributed by atoms with Crippen molar-refractivity contribution in [2.24, 2.45) is 0 Å². The summed E-state index contributed by atoms with van der Waals surface area (Å²) in [5.74, 6) is 0.202. The van der Waals surface area contributed by atoms with Crippen LogP contribution in [0.15, 0.2) is 58.9 Å². The van der Waals surface area contributed by atoms with Crippen molar-refractivity contribution in [1.82, 2.24) is 14.6 Å². The zero-order valence-electron chi connectivity index (χ0n) is 18.6. The second kappa shape index (κ2) is 10.4. The number of pyridine rings is 1. The highest BCUT2D eigenvalue weighted by molar-refractivity contribution is 7.91. The summed E-state index contributed by atoms with van der Waals surface area (Å²) in [7, 11) is -3.64. The Labute approximate surface area is 206 Å². The third kappa shape index (κ3) is 5.75. The molecule has 1 fully saturated rings. The zero-order valence-corrected chi connectivity index (χ0v) is 20.2. The van der Waals surface area contributed by atoms with Crippen molar-refractivity contribution >= 4 is 44.5 Å². The number of nitrogen functional groups attached to an aromatic ring is 1. The molecule has 13 heteroatoms. The lowest BCUT2D eigenvalue weighted by molar-refractivity contribution is -0.384. The Bertz CT molecular complexity index is 1320. The van der Waals surface area contributed by atoms with Gasteiger partial charge in [0.15, 0.2) is 0 Å². The van der Waals surface area contributed by atoms with Gasteiger partial charge in [-0.3, -0.25) is 14.9 Å². The molecule has 4 N–H and O–H groups in total. The Balaban J connectivity index is 1.31. The van der Waals surface area contributed by atoms with Gasteiger partial charge in [0.1, 0.15) is 10.0 Å². The van der Waals surface area contributed by atoms with Gasteiger partial charge in [0.05, 0.1) is 17.2 Å². The minimum Gasteiger partial charge on any atom is -0.396 e. The van der Waals surface area contributed by atoms with Gasteiger partial charge in [0.2, 0.25) is 0 Å². The SMILES string of the molecule is Nc1cccnc1NC1CCN(S(=O)(=O)c2ccc(CNC(=O)c3ccc([N+](=O)[O-])cc3)s2)CC1. The molecule has 1 amide bonds. The van der Waals surface area contributed by atoms with Crippen LogP contribution in [0.3, 0.4) is 0 Å². The van der Waals surface area contributed by atoms with E-state index in [1.807, 2.05) is 0 Å². The molecule has 1 saturated heterocycles. The number of piperidine rings is 1. The van der Waals surface area contributed by atoms with Gasteiger partial charge in [0, 0.05) is 47.9 Å². The van der Waals surface area contributed by atoms with Crippen LogP contribution in [-0.2, 0) is 16.6 Å². The minimum absolute atomic E-state index is 0.0761. The molecule has 3 heterocycles. The van der Waals surface area contributed by atoms with Gasteiger partial charge in [0.25, 0.3) is 21.6 Å². The van der Waals surface area contributed by atoms with E-state index in [1.54, 1.807) is 30.5 Å². The molecule has 35 heavy (non-hydrogen) atoms. The summed E-state index contributed by atoms with van der Waals surface area (Å²) in [5.41, 5.74) is 6.66. The molecule has 2 aromatic heterocycles. The van der Waals surface area contributed by atoms with E-state index in [9.17, 15) is 23.3 Å². The average molecular weight is 517 g/mol. The van der Waals surface area contributed by atoms with Crippen LogP contribution in [0.2, 0.25) is 0 Å². The van der Waals surface area contributed by atoms with Gasteiger partial charge in [-0.25, -0.2) is 13.4 Å². The molecule has 11 nitrogen and oxygen atoms in total. The summed E-state index contributed by atoms with van der Waals surface area (Å²) in [6, 6.07) is 12.1. The lowest BCUT2D eigenvalue weighted by atomic mass is 10.1. The molecular formula is C22H24N6O5S2. The number of nitro benzene ring substituents is 1. The Morgan fingerprint density at radius 1 is 1.17 bits per heavy atom. The van der Waals surface area contributed by atoms with Crippen LogP contribution in [0, 0.1) is 10.1 Å². The van der Waals surface area contributed by atoms with Gasteiger partial charge in [-0.15, -0.1) is 11.3 Å². The van der Waals surface area contributed by atoms with Crippen LogP contribution in [0.4, 0.5) is 17.2 Å². The number of rotatable bonds is 8. The fourth-order valence-electron chi connectivity index (χ4n) is 3.70. The van der Waals surface area contributed by atoms with E-state index in [1.165, 1.54) is 28.6 Å². The molecule has 0 bridgehead atoms. The molecule has 3 aromatic rings. The molecule has 0 radical (unpaired) electrons. The van der Waals surface area contributed by atoms with Crippen LogP contribution >= 0.6 is 11.3 Å². The zero-order chi connectivity index (χ0) is 25.0. The number of sulfonamides is 1. The maximum Gasteiger partial charge on any atom is 0.269 e. The van der Waals surface area contributed by atoms with Gasteiger partial charge in [-0.2, -0.15) is 4.31 Å². The molecule has 1 aromatic carbocycles. The van der Waals surface area contributed by atoms with Gasteiger partial charge >= 0.3 is 0 Å². The fraction of sp³-hybridized carbons (Fsp3) is 0.273. The number of nitro groups is 1. The number of thiophene rings is 1. The normalized spacial score (nSPS) is 15.0. The standard InChI is InChI=1S/C22H24N6O5S2/c23-19-2-1-11-24-21(19)26-16-9-12-27(13-10-16)35(32,33)20-8-7-18(34-20)14-25-22(29)15-3-5-17(6-4-15)28(30)31/h1-8,11,16H,9-10,12-14,23H2,(H,24,26)(H,25,29). The molecule has 0 aliphatic carbocycles. The van der Waals surface area contributed by atoms with E-state index in [4.69, 9.17) is 5.73 Å². The molecule has 0 saturated carbocycles. The first kappa shape index (κ1) is 24.6. The molecule has 0 atom stereocenters. The van der Waals surface area contributed by atoms with Gasteiger partial charge in [-0.05, 0) is 49.2 Å². The number of carbonyl (C=O) groups is 1. The summed E-state index contributed by atoms with van der Waals surface area (Å²) in [6.45, 7) is 0.890. The monoisotopic (exact) mass is 516 g/mol. The highest BCUT2D eigenvalue weighted by Gasteiger charge is 2.30. The van der Waals surface area contributed by atoms with Crippen molar-refractivity contribution in [2.45, 2.75) is 29.6 Å². The Hall–Kier alpha value is -3.55. The van der Waals surface area contributed by atoms with Crippen molar-refractivity contribution in [1.29, 1.82) is 0 Å². The second-order valence-electron chi connectivity index (χ2n) is 7.97. The van der Waals surface area contributed by atoms with Crippen LogP contribution in [-0.4, -0.2) is 47.7 Å². The second-order valence-corrected chi connectivity index (χ2v) is 11.3. The topological polar surface area (TPSA) is 161 Å². The van der Waals surface area contributed by atoms with Crippen molar-refractivity contribution < 1.29 is 18.1 Å². The predicted molar refractivity (Wildman–Crippen MR) is 133 cm³/mol. The van der Waals surface area contributed by atoms with Gasteiger partial charge < -0.3 is 16.4 Å². The van der Waals surface area contributed by atoms with E-state index >= 15 is 0 Å². The number of hydrogen-bond donors (Lipinski definition) is 3. The van der Waals surface area contributed by atoms with E-state index in [2.05, 4.69) is 15.6 Å². The van der Waals surface area contributed by atoms with Crippen LogP contribution in [0.1, 0.15) is 28.1 Å². The Kier molecular flexibility index (Phi) is 7.28. The maximum absolute atomic E-state index is 13.1. The number of aromatic nitrogens is 1. The third-order valence-electron chi connectivity index (χ3n) is 5.63. The molecule has 184 valence electrons. The predicted octanol–water partition coefficient (Wildman–Crippen LogP) is 2.83. The molecule has 4 rings (SSSR count). The molecule has 1 aliphatic heterocycles. The Morgan fingerprint density at radius 3 is 2.54 bits per heavy atom. The summed E-state index contributed by atoms with van der Waals surface area (Å²) in [5, 5.41) is 16.7. The number of nitrogens with two attached hydrogens (primary N) is 1. The maximum atomic E-state index is 13.1. The van der Waals surface area contributed by atoms with Crippen LogP contribution < -0.4 is 16.4 Å². The highest BCUT2D eigenvalue weighted by Crippen LogP contribution is 2.28. The number of anilines is 2. The van der Waals surface area contributed by atoms with E-state index in [-0.39, 0.29) is 28.0 Å². The van der Waals surface area contributed by atoms with E-state index in [0.717, 1.165) is 11.3 Å². The van der Waals surface area contributed by atoms with Gasteiger partial charge in [-0.1, -0.05) is 0 Å².